The summed E-state index contributed by atoms with van der Waals surface area (Å²) in [5.41, 5.74) is 2.98. The number of piperidine rings is 1. The average molecular weight is 467 g/mol. The van der Waals surface area contributed by atoms with Crippen molar-refractivity contribution in [3.63, 3.8) is 0 Å². The van der Waals surface area contributed by atoms with Crippen LogP contribution in [0.3, 0.4) is 0 Å². The third-order valence-electron chi connectivity index (χ3n) is 7.50. The maximum absolute atomic E-state index is 13.3. The molecule has 2 aromatic rings. The van der Waals surface area contributed by atoms with Crippen LogP contribution in [-0.4, -0.2) is 52.7 Å². The van der Waals surface area contributed by atoms with E-state index in [4.69, 9.17) is 4.74 Å². The number of aryl methyl sites for hydroxylation is 4. The first kappa shape index (κ1) is 24.3. The molecule has 2 amide bonds. The minimum absolute atomic E-state index is 0.127. The number of hydrogen-bond donors (Lipinski definition) is 1. The highest BCUT2D eigenvalue weighted by atomic mass is 16.5. The van der Waals surface area contributed by atoms with Gasteiger partial charge < -0.3 is 15.0 Å². The maximum Gasteiger partial charge on any atom is 0.226 e. The molecule has 2 aliphatic rings. The summed E-state index contributed by atoms with van der Waals surface area (Å²) in [6.45, 7) is 4.26. The van der Waals surface area contributed by atoms with Gasteiger partial charge in [0.25, 0.3) is 0 Å². The minimum Gasteiger partial charge on any atom is -0.491 e. The molecule has 7 heteroatoms. The molecular formula is C27H38N4O3. The summed E-state index contributed by atoms with van der Waals surface area (Å²) >= 11 is 0. The quantitative estimate of drug-likeness (QED) is 0.750. The van der Waals surface area contributed by atoms with Gasteiger partial charge in [-0.25, -0.2) is 0 Å². The van der Waals surface area contributed by atoms with Gasteiger partial charge in [0, 0.05) is 32.8 Å². The number of benzene rings is 1. The number of para-hydroxylation sites is 1. The van der Waals surface area contributed by atoms with Crippen LogP contribution in [0.5, 0.6) is 5.75 Å². The molecule has 0 unspecified atom stereocenters. The Morgan fingerprint density at radius 3 is 2.71 bits per heavy atom. The number of carbonyl (C=O) groups is 2. The first-order valence-electron chi connectivity index (χ1n) is 12.7. The topological polar surface area (TPSA) is 76.5 Å². The van der Waals surface area contributed by atoms with Crippen molar-refractivity contribution in [3.8, 4) is 5.75 Å². The number of fused-ring (bicyclic) bond motifs is 1. The molecular weight excluding hydrogens is 428 g/mol. The van der Waals surface area contributed by atoms with E-state index in [9.17, 15) is 9.59 Å². The number of amides is 2. The van der Waals surface area contributed by atoms with Crippen LogP contribution in [0.2, 0.25) is 0 Å². The van der Waals surface area contributed by atoms with E-state index in [-0.39, 0.29) is 17.2 Å². The number of aromatic nitrogens is 2. The van der Waals surface area contributed by atoms with E-state index < -0.39 is 0 Å². The second kappa shape index (κ2) is 11.1. The molecule has 0 saturated carbocycles. The Morgan fingerprint density at radius 2 is 1.94 bits per heavy atom. The molecule has 1 N–H and O–H groups in total. The van der Waals surface area contributed by atoms with Gasteiger partial charge in [-0.15, -0.1) is 0 Å². The predicted octanol–water partition coefficient (Wildman–Crippen LogP) is 3.58. The van der Waals surface area contributed by atoms with Crippen LogP contribution in [0.4, 0.5) is 0 Å². The van der Waals surface area contributed by atoms with Crippen molar-refractivity contribution in [1.82, 2.24) is 20.0 Å². The van der Waals surface area contributed by atoms with Crippen molar-refractivity contribution in [2.75, 3.05) is 26.2 Å². The monoisotopic (exact) mass is 466 g/mol. The van der Waals surface area contributed by atoms with Crippen LogP contribution in [0.1, 0.15) is 61.8 Å². The van der Waals surface area contributed by atoms with Crippen LogP contribution in [0, 0.1) is 12.3 Å². The molecule has 1 saturated heterocycles. The number of ether oxygens (including phenoxy) is 1. The van der Waals surface area contributed by atoms with Gasteiger partial charge in [0.15, 0.2) is 0 Å². The Morgan fingerprint density at radius 1 is 1.15 bits per heavy atom. The largest absolute Gasteiger partial charge is 0.491 e. The van der Waals surface area contributed by atoms with Crippen molar-refractivity contribution >= 4 is 11.8 Å². The highest BCUT2D eigenvalue weighted by Gasteiger charge is 2.41. The third kappa shape index (κ3) is 5.80. The molecule has 1 aromatic carbocycles. The minimum atomic E-state index is -0.377. The summed E-state index contributed by atoms with van der Waals surface area (Å²) in [7, 11) is 1.91. The molecule has 7 nitrogen and oxygen atoms in total. The van der Waals surface area contributed by atoms with Crippen molar-refractivity contribution in [2.45, 2.75) is 64.7 Å². The van der Waals surface area contributed by atoms with E-state index in [1.165, 1.54) is 5.56 Å². The number of rotatable bonds is 3. The molecule has 0 atom stereocenters. The molecule has 1 spiro atoms. The van der Waals surface area contributed by atoms with E-state index in [0.717, 1.165) is 62.0 Å². The fourth-order valence-electron chi connectivity index (χ4n) is 5.39. The summed E-state index contributed by atoms with van der Waals surface area (Å²) in [6, 6.07) is 8.21. The maximum atomic E-state index is 13.3. The first-order chi connectivity index (χ1) is 16.5. The Hall–Kier alpha value is -2.83. The standard InChI is InChI=1S/C27H38N4O3/c1-21-23(20-30(2)29-21)11-12-25(32)31-17-14-27(15-18-31)13-7-3-4-8-22-9-5-6-10-24(22)34-19-16-28-26(27)33/h5-6,9-10,20H,3-4,7-8,11-19H2,1-2H3,(H,28,33). The summed E-state index contributed by atoms with van der Waals surface area (Å²) in [4.78, 5) is 28.1. The van der Waals surface area contributed by atoms with Crippen LogP contribution in [-0.2, 0) is 29.5 Å². The molecule has 34 heavy (non-hydrogen) atoms. The van der Waals surface area contributed by atoms with E-state index in [2.05, 4.69) is 22.5 Å². The molecule has 184 valence electrons. The Balaban J connectivity index is 1.33. The number of carbonyl (C=O) groups excluding carboxylic acids is 2. The lowest BCUT2D eigenvalue weighted by Gasteiger charge is -2.41. The van der Waals surface area contributed by atoms with Gasteiger partial charge in [-0.05, 0) is 62.6 Å². The fraction of sp³-hybridized carbons (Fsp3) is 0.593. The van der Waals surface area contributed by atoms with Gasteiger partial charge in [-0.2, -0.15) is 5.10 Å². The average Bonchev–Trinajstić information content (AvgIpc) is 3.17. The second-order valence-electron chi connectivity index (χ2n) is 9.85. The summed E-state index contributed by atoms with van der Waals surface area (Å²) in [5, 5.41) is 7.50. The van der Waals surface area contributed by atoms with Gasteiger partial charge in [-0.1, -0.05) is 31.0 Å². The molecule has 4 rings (SSSR count). The molecule has 2 aliphatic heterocycles. The summed E-state index contributed by atoms with van der Waals surface area (Å²) in [6.07, 6.45) is 9.77. The molecule has 1 aromatic heterocycles. The Kier molecular flexibility index (Phi) is 7.91. The molecule has 0 bridgehead atoms. The van der Waals surface area contributed by atoms with E-state index in [0.29, 0.717) is 39.1 Å². The number of nitrogens with zero attached hydrogens (tertiary/aromatic N) is 3. The van der Waals surface area contributed by atoms with Gasteiger partial charge in [-0.3, -0.25) is 14.3 Å². The van der Waals surface area contributed by atoms with Crippen molar-refractivity contribution in [1.29, 1.82) is 0 Å². The van der Waals surface area contributed by atoms with Gasteiger partial charge in [0.1, 0.15) is 12.4 Å². The highest BCUT2D eigenvalue weighted by Crippen LogP contribution is 2.38. The fourth-order valence-corrected chi connectivity index (χ4v) is 5.39. The van der Waals surface area contributed by atoms with E-state index in [1.807, 2.05) is 37.2 Å². The lowest BCUT2D eigenvalue weighted by atomic mass is 9.73. The second-order valence-corrected chi connectivity index (χ2v) is 9.85. The van der Waals surface area contributed by atoms with Crippen LogP contribution < -0.4 is 10.1 Å². The number of nitrogens with one attached hydrogen (secondary N) is 1. The SMILES string of the molecule is Cc1nn(C)cc1CCC(=O)N1CCC2(CCCCCc3ccccc3OCCNC2=O)CC1. The van der Waals surface area contributed by atoms with Crippen LogP contribution >= 0.6 is 0 Å². The molecule has 3 heterocycles. The van der Waals surface area contributed by atoms with Gasteiger partial charge >= 0.3 is 0 Å². The summed E-state index contributed by atoms with van der Waals surface area (Å²) < 4.78 is 7.77. The molecule has 1 fully saturated rings. The third-order valence-corrected chi connectivity index (χ3v) is 7.50. The van der Waals surface area contributed by atoms with Crippen molar-refractivity contribution < 1.29 is 14.3 Å². The Labute approximate surface area is 202 Å². The zero-order valence-corrected chi connectivity index (χ0v) is 20.6. The lowest BCUT2D eigenvalue weighted by Crippen LogP contribution is -2.50. The number of hydrogen-bond acceptors (Lipinski definition) is 4. The van der Waals surface area contributed by atoms with Crippen molar-refractivity contribution in [2.24, 2.45) is 12.5 Å². The smallest absolute Gasteiger partial charge is 0.226 e. The van der Waals surface area contributed by atoms with E-state index >= 15 is 0 Å². The normalized spacial score (nSPS) is 19.2. The van der Waals surface area contributed by atoms with Crippen LogP contribution in [0.25, 0.3) is 0 Å². The lowest BCUT2D eigenvalue weighted by molar-refractivity contribution is -0.141. The highest BCUT2D eigenvalue weighted by molar-refractivity contribution is 5.83. The van der Waals surface area contributed by atoms with E-state index in [1.54, 1.807) is 4.68 Å². The first-order valence-corrected chi connectivity index (χ1v) is 12.7. The zero-order chi connectivity index (χ0) is 24.0. The number of likely N-dealkylation sites (tertiary alicyclic amines) is 1. The molecule has 0 aliphatic carbocycles. The Bertz CT molecular complexity index is 992. The van der Waals surface area contributed by atoms with Crippen molar-refractivity contribution in [3.05, 3.63) is 47.3 Å². The van der Waals surface area contributed by atoms with Gasteiger partial charge in [0.05, 0.1) is 17.7 Å². The molecule has 0 radical (unpaired) electrons. The van der Waals surface area contributed by atoms with Crippen LogP contribution in [0.15, 0.2) is 30.5 Å². The van der Waals surface area contributed by atoms with Gasteiger partial charge in [0.2, 0.25) is 11.8 Å². The summed E-state index contributed by atoms with van der Waals surface area (Å²) in [5.74, 6) is 1.23. The predicted molar refractivity (Wildman–Crippen MR) is 132 cm³/mol. The zero-order valence-electron chi connectivity index (χ0n) is 20.6.